The fraction of sp³-hybridized carbons (Fsp3) is 0.238. The SMILES string of the molecule is CC(=O)OCc1cc(F)c(N)cc1-n1ccc(=O)c2cc(F)c(N3CC(O)C3)c(Br)c21. The minimum Gasteiger partial charge on any atom is -0.461 e. The highest BCUT2D eigenvalue weighted by Gasteiger charge is 2.30. The number of aliphatic hydroxyl groups is 1. The van der Waals surface area contributed by atoms with E-state index in [9.17, 15) is 23.5 Å². The first-order valence-corrected chi connectivity index (χ1v) is 10.1. The number of carbonyl (C=O) groups is 1. The molecule has 31 heavy (non-hydrogen) atoms. The minimum atomic E-state index is -0.684. The van der Waals surface area contributed by atoms with Crippen LogP contribution in [0.15, 0.2) is 39.7 Å². The maximum atomic E-state index is 14.9. The van der Waals surface area contributed by atoms with Crippen LogP contribution >= 0.6 is 15.9 Å². The first-order valence-electron chi connectivity index (χ1n) is 9.35. The lowest BCUT2D eigenvalue weighted by Crippen LogP contribution is -2.51. The molecule has 0 bridgehead atoms. The van der Waals surface area contributed by atoms with Crippen molar-refractivity contribution in [3.8, 4) is 5.69 Å². The van der Waals surface area contributed by atoms with E-state index in [4.69, 9.17) is 10.5 Å². The number of pyridine rings is 1. The molecule has 0 spiro atoms. The number of rotatable bonds is 4. The molecule has 1 aliphatic heterocycles. The van der Waals surface area contributed by atoms with Gasteiger partial charge in [-0.1, -0.05) is 0 Å². The Kier molecular flexibility index (Phi) is 5.44. The van der Waals surface area contributed by atoms with Gasteiger partial charge in [0.1, 0.15) is 18.2 Å². The molecule has 0 atom stereocenters. The van der Waals surface area contributed by atoms with E-state index < -0.39 is 29.1 Å². The van der Waals surface area contributed by atoms with Crippen molar-refractivity contribution in [2.24, 2.45) is 0 Å². The molecule has 2 aromatic carbocycles. The number of nitrogens with two attached hydrogens (primary N) is 1. The number of anilines is 2. The number of esters is 1. The summed E-state index contributed by atoms with van der Waals surface area (Å²) in [7, 11) is 0. The number of hydrogen-bond acceptors (Lipinski definition) is 6. The van der Waals surface area contributed by atoms with Crippen molar-refractivity contribution < 1.29 is 23.4 Å². The molecule has 0 unspecified atom stereocenters. The number of aromatic nitrogens is 1. The first-order chi connectivity index (χ1) is 14.7. The van der Waals surface area contributed by atoms with Crippen molar-refractivity contribution in [1.82, 2.24) is 4.57 Å². The maximum Gasteiger partial charge on any atom is 0.302 e. The van der Waals surface area contributed by atoms with E-state index in [1.54, 1.807) is 9.47 Å². The van der Waals surface area contributed by atoms with Crippen molar-refractivity contribution in [3.63, 3.8) is 0 Å². The largest absolute Gasteiger partial charge is 0.461 e. The standard InChI is InChI=1S/C21H18BrF2N3O4/c1-10(28)31-9-11-4-14(23)16(25)6-17(11)27-3-2-18(30)13-5-15(24)21(19(22)20(13)27)26-7-12(29)8-26/h2-6,12,29H,7-9,25H2,1H3. The van der Waals surface area contributed by atoms with Gasteiger partial charge in [0, 0.05) is 37.8 Å². The molecule has 162 valence electrons. The second kappa shape index (κ2) is 7.93. The Labute approximate surface area is 183 Å². The zero-order valence-corrected chi connectivity index (χ0v) is 17.9. The molecule has 0 saturated carbocycles. The monoisotopic (exact) mass is 493 g/mol. The quantitative estimate of drug-likeness (QED) is 0.428. The predicted molar refractivity (Wildman–Crippen MR) is 115 cm³/mol. The van der Waals surface area contributed by atoms with Gasteiger partial charge in [0.2, 0.25) is 0 Å². The fourth-order valence-corrected chi connectivity index (χ4v) is 4.44. The van der Waals surface area contributed by atoms with Gasteiger partial charge < -0.3 is 25.0 Å². The van der Waals surface area contributed by atoms with E-state index in [-0.39, 0.29) is 36.5 Å². The number of aliphatic hydroxyl groups excluding tert-OH is 1. The van der Waals surface area contributed by atoms with Crippen molar-refractivity contribution >= 4 is 44.2 Å². The summed E-state index contributed by atoms with van der Waals surface area (Å²) >= 11 is 3.42. The van der Waals surface area contributed by atoms with Gasteiger partial charge in [-0.3, -0.25) is 9.59 Å². The van der Waals surface area contributed by atoms with Crippen LogP contribution in [-0.4, -0.2) is 34.8 Å². The van der Waals surface area contributed by atoms with E-state index in [0.717, 1.165) is 12.1 Å². The molecule has 7 nitrogen and oxygen atoms in total. The van der Waals surface area contributed by atoms with E-state index in [1.165, 1.54) is 25.3 Å². The Balaban J connectivity index is 2.00. The number of nitrogens with zero attached hydrogens (tertiary/aromatic N) is 2. The summed E-state index contributed by atoms with van der Waals surface area (Å²) in [6.45, 7) is 1.51. The van der Waals surface area contributed by atoms with Crippen molar-refractivity contribution in [3.05, 3.63) is 62.4 Å². The van der Waals surface area contributed by atoms with Gasteiger partial charge in [0.05, 0.1) is 38.5 Å². The van der Waals surface area contributed by atoms with Gasteiger partial charge in [-0.25, -0.2) is 8.78 Å². The van der Waals surface area contributed by atoms with E-state index in [0.29, 0.717) is 21.2 Å². The minimum absolute atomic E-state index is 0.0954. The van der Waals surface area contributed by atoms with Crippen LogP contribution in [0.5, 0.6) is 0 Å². The predicted octanol–water partition coefficient (Wildman–Crippen LogP) is 2.86. The van der Waals surface area contributed by atoms with E-state index in [1.807, 2.05) is 0 Å². The highest BCUT2D eigenvalue weighted by Crippen LogP contribution is 2.39. The Bertz CT molecular complexity index is 1270. The lowest BCUT2D eigenvalue weighted by atomic mass is 10.1. The van der Waals surface area contributed by atoms with E-state index in [2.05, 4.69) is 15.9 Å². The zero-order valence-electron chi connectivity index (χ0n) is 16.4. The van der Waals surface area contributed by atoms with Crippen LogP contribution in [-0.2, 0) is 16.1 Å². The van der Waals surface area contributed by atoms with Crippen molar-refractivity contribution in [2.45, 2.75) is 19.6 Å². The summed E-state index contributed by atoms with van der Waals surface area (Å²) in [5, 5.41) is 9.72. The van der Waals surface area contributed by atoms with Gasteiger partial charge >= 0.3 is 5.97 Å². The molecule has 3 N–H and O–H groups in total. The molecule has 1 saturated heterocycles. The Morgan fingerprint density at radius 2 is 2.00 bits per heavy atom. The second-order valence-corrected chi connectivity index (χ2v) is 8.10. The van der Waals surface area contributed by atoms with Crippen LogP contribution in [0.3, 0.4) is 0 Å². The highest BCUT2D eigenvalue weighted by molar-refractivity contribution is 9.10. The lowest BCUT2D eigenvalue weighted by Gasteiger charge is -2.38. The Morgan fingerprint density at radius 3 is 2.65 bits per heavy atom. The Morgan fingerprint density at radius 1 is 1.29 bits per heavy atom. The van der Waals surface area contributed by atoms with Gasteiger partial charge in [0.15, 0.2) is 5.43 Å². The summed E-state index contributed by atoms with van der Waals surface area (Å²) in [4.78, 5) is 25.4. The van der Waals surface area contributed by atoms with Gasteiger partial charge in [-0.15, -0.1) is 0 Å². The molecule has 0 radical (unpaired) electrons. The van der Waals surface area contributed by atoms with Crippen LogP contribution < -0.4 is 16.1 Å². The fourth-order valence-electron chi connectivity index (χ4n) is 3.60. The number of halogens is 3. The van der Waals surface area contributed by atoms with Gasteiger partial charge in [-0.2, -0.15) is 0 Å². The molecule has 1 aromatic heterocycles. The zero-order chi connectivity index (χ0) is 22.4. The third-order valence-electron chi connectivity index (χ3n) is 5.12. The highest BCUT2D eigenvalue weighted by atomic mass is 79.9. The number of β-amino-alcohol motifs (C(OH)–C–C–N with tert-alkyl or cyclic N) is 1. The topological polar surface area (TPSA) is 97.8 Å². The molecule has 1 aliphatic rings. The first kappa shape index (κ1) is 21.3. The maximum absolute atomic E-state index is 14.9. The molecule has 4 rings (SSSR count). The second-order valence-electron chi connectivity index (χ2n) is 7.31. The Hall–Kier alpha value is -2.98. The van der Waals surface area contributed by atoms with Crippen LogP contribution in [0.25, 0.3) is 16.6 Å². The summed E-state index contributed by atoms with van der Waals surface area (Å²) < 4.78 is 35.9. The number of ether oxygens (including phenoxy) is 1. The van der Waals surface area contributed by atoms with Crippen molar-refractivity contribution in [1.29, 1.82) is 0 Å². The number of fused-ring (bicyclic) bond motifs is 1. The molecule has 2 heterocycles. The number of hydrogen-bond donors (Lipinski definition) is 2. The normalized spacial score (nSPS) is 14.0. The molecular formula is C21H18BrF2N3O4. The molecule has 0 aliphatic carbocycles. The summed E-state index contributed by atoms with van der Waals surface area (Å²) in [6.07, 6.45) is 0.902. The van der Waals surface area contributed by atoms with E-state index >= 15 is 0 Å². The van der Waals surface area contributed by atoms with Crippen LogP contribution in [0.1, 0.15) is 12.5 Å². The smallest absolute Gasteiger partial charge is 0.302 e. The van der Waals surface area contributed by atoms with Gasteiger partial charge in [-0.05, 0) is 34.1 Å². The third kappa shape index (κ3) is 3.77. The molecule has 3 aromatic rings. The van der Waals surface area contributed by atoms with Crippen LogP contribution in [0.2, 0.25) is 0 Å². The molecule has 1 fully saturated rings. The van der Waals surface area contributed by atoms with Crippen molar-refractivity contribution in [2.75, 3.05) is 23.7 Å². The molecule has 10 heteroatoms. The summed E-state index contributed by atoms with van der Waals surface area (Å²) in [5.74, 6) is -1.84. The van der Waals surface area contributed by atoms with Crippen LogP contribution in [0, 0.1) is 11.6 Å². The lowest BCUT2D eigenvalue weighted by molar-refractivity contribution is -0.142. The third-order valence-corrected chi connectivity index (χ3v) is 5.87. The van der Waals surface area contributed by atoms with Gasteiger partial charge in [0.25, 0.3) is 0 Å². The molecule has 0 amide bonds. The van der Waals surface area contributed by atoms with Crippen LogP contribution in [0.4, 0.5) is 20.2 Å². The average Bonchev–Trinajstić information content (AvgIpc) is 2.68. The number of benzene rings is 2. The number of carbonyl (C=O) groups excluding carboxylic acids is 1. The molecular weight excluding hydrogens is 476 g/mol. The number of nitrogen functional groups attached to an aromatic ring is 1. The average molecular weight is 494 g/mol. The summed E-state index contributed by atoms with van der Waals surface area (Å²) in [6, 6.07) is 4.91. The summed E-state index contributed by atoms with van der Waals surface area (Å²) in [5.41, 5.74) is 6.44.